The molecule has 0 unspecified atom stereocenters. The van der Waals surface area contributed by atoms with E-state index in [1.165, 1.54) is 0 Å². The molecule has 5 atom stereocenters. The van der Waals surface area contributed by atoms with Crippen molar-refractivity contribution in [3.8, 4) is 0 Å². The number of hydrogen-bond acceptors (Lipinski definition) is 1. The summed E-state index contributed by atoms with van der Waals surface area (Å²) in [5.41, 5.74) is 0. The SMILES string of the molecule is C[C@@](Cl)([C@@H](Br)C[C@H](Cl)[C@](C)(Br)CCl)[C@H]1CO1. The van der Waals surface area contributed by atoms with E-state index >= 15 is 0 Å². The van der Waals surface area contributed by atoms with Gasteiger partial charge in [-0.05, 0) is 20.3 Å². The van der Waals surface area contributed by atoms with Gasteiger partial charge in [0.05, 0.1) is 21.2 Å². The summed E-state index contributed by atoms with van der Waals surface area (Å²) in [6.07, 6.45) is 0.857. The molecule has 96 valence electrons. The quantitative estimate of drug-likeness (QED) is 0.457. The van der Waals surface area contributed by atoms with Crippen molar-refractivity contribution in [3.63, 3.8) is 0 Å². The highest BCUT2D eigenvalue weighted by Crippen LogP contribution is 2.42. The zero-order valence-corrected chi connectivity index (χ0v) is 14.6. The van der Waals surface area contributed by atoms with Crippen molar-refractivity contribution in [2.45, 2.75) is 45.8 Å². The molecule has 1 saturated heterocycles. The Balaban J connectivity index is 2.53. The van der Waals surface area contributed by atoms with E-state index in [9.17, 15) is 0 Å². The number of ether oxygens (including phenoxy) is 1. The van der Waals surface area contributed by atoms with Gasteiger partial charge >= 0.3 is 0 Å². The first kappa shape index (κ1) is 15.8. The third kappa shape index (κ3) is 3.89. The zero-order valence-electron chi connectivity index (χ0n) is 9.15. The second kappa shape index (κ2) is 5.83. The largest absolute Gasteiger partial charge is 0.371 e. The fourth-order valence-electron chi connectivity index (χ4n) is 1.32. The number of hydrogen-bond donors (Lipinski definition) is 0. The molecular formula is C10H15Br2Cl3O. The van der Waals surface area contributed by atoms with Crippen molar-refractivity contribution >= 4 is 66.7 Å². The number of alkyl halides is 5. The maximum absolute atomic E-state index is 6.44. The van der Waals surface area contributed by atoms with Crippen LogP contribution in [0.4, 0.5) is 0 Å². The van der Waals surface area contributed by atoms with Crippen LogP contribution < -0.4 is 0 Å². The molecule has 6 heteroatoms. The van der Waals surface area contributed by atoms with E-state index in [4.69, 9.17) is 39.5 Å². The summed E-state index contributed by atoms with van der Waals surface area (Å²) in [4.78, 5) is -0.320. The second-order valence-corrected chi connectivity index (χ2v) is 9.08. The van der Waals surface area contributed by atoms with Gasteiger partial charge in [-0.15, -0.1) is 34.8 Å². The summed E-state index contributed by atoms with van der Waals surface area (Å²) >= 11 is 25.8. The van der Waals surface area contributed by atoms with Crippen LogP contribution in [0.3, 0.4) is 0 Å². The lowest BCUT2D eigenvalue weighted by Crippen LogP contribution is -2.41. The standard InChI is InChI=1S/C10H15Br2Cl3O/c1-9(12,5-13)7(14)3-6(11)10(2,15)8-4-16-8/h6-8H,3-5H2,1-2H3/t6-,7-,8+,9+,10+/m0/s1. The average Bonchev–Trinajstić information content (AvgIpc) is 3.00. The van der Waals surface area contributed by atoms with Crippen LogP contribution in [-0.4, -0.2) is 38.0 Å². The minimum absolute atomic E-state index is 0.0915. The van der Waals surface area contributed by atoms with E-state index in [0.29, 0.717) is 5.88 Å². The molecule has 1 fully saturated rings. The molecule has 0 N–H and O–H groups in total. The summed E-state index contributed by atoms with van der Waals surface area (Å²) in [6.45, 7) is 4.69. The molecule has 0 aromatic rings. The Kier molecular flexibility index (Phi) is 5.78. The Hall–Kier alpha value is 1.79. The van der Waals surface area contributed by atoms with Gasteiger partial charge in [0.2, 0.25) is 0 Å². The van der Waals surface area contributed by atoms with Crippen LogP contribution in [0, 0.1) is 0 Å². The van der Waals surface area contributed by atoms with Crippen LogP contribution >= 0.6 is 66.7 Å². The summed E-state index contributed by atoms with van der Waals surface area (Å²) in [5.74, 6) is 0.458. The molecule has 0 amide bonds. The van der Waals surface area contributed by atoms with Gasteiger partial charge in [0.15, 0.2) is 0 Å². The molecule has 1 aliphatic heterocycles. The highest BCUT2D eigenvalue weighted by molar-refractivity contribution is 9.10. The summed E-state index contributed by atoms with van der Waals surface area (Å²) in [7, 11) is 0. The highest BCUT2D eigenvalue weighted by atomic mass is 79.9. The Morgan fingerprint density at radius 3 is 2.38 bits per heavy atom. The normalized spacial score (nSPS) is 31.3. The van der Waals surface area contributed by atoms with Gasteiger partial charge in [0.1, 0.15) is 6.10 Å². The van der Waals surface area contributed by atoms with Crippen LogP contribution in [0.25, 0.3) is 0 Å². The van der Waals surface area contributed by atoms with E-state index in [1.807, 2.05) is 13.8 Å². The molecule has 16 heavy (non-hydrogen) atoms. The maximum Gasteiger partial charge on any atom is 0.101 e. The van der Waals surface area contributed by atoms with Gasteiger partial charge in [-0.1, -0.05) is 31.9 Å². The fraction of sp³-hybridized carbons (Fsp3) is 1.00. The predicted octanol–water partition coefficient (Wildman–Crippen LogP) is 4.54. The van der Waals surface area contributed by atoms with Gasteiger partial charge < -0.3 is 4.74 Å². The topological polar surface area (TPSA) is 12.5 Å². The van der Waals surface area contributed by atoms with Crippen LogP contribution in [0.1, 0.15) is 20.3 Å². The van der Waals surface area contributed by atoms with Crippen molar-refractivity contribution in [2.75, 3.05) is 12.5 Å². The molecule has 0 spiro atoms. The second-order valence-electron chi connectivity index (χ2n) is 4.56. The van der Waals surface area contributed by atoms with Crippen molar-refractivity contribution in [1.29, 1.82) is 0 Å². The lowest BCUT2D eigenvalue weighted by Gasteiger charge is -2.32. The predicted molar refractivity (Wildman–Crippen MR) is 79.0 cm³/mol. The molecule has 1 nitrogen and oxygen atoms in total. The zero-order chi connectivity index (χ0) is 12.6. The van der Waals surface area contributed by atoms with Crippen molar-refractivity contribution in [3.05, 3.63) is 0 Å². The number of epoxide rings is 1. The summed E-state index contributed by atoms with van der Waals surface area (Å²) in [5, 5.41) is -0.0915. The number of halogens is 5. The average molecular weight is 417 g/mol. The van der Waals surface area contributed by atoms with Gasteiger partial charge in [0, 0.05) is 10.7 Å². The third-order valence-electron chi connectivity index (χ3n) is 2.90. The molecule has 0 aliphatic carbocycles. The summed E-state index contributed by atoms with van der Waals surface area (Å²) < 4.78 is 4.97. The minimum Gasteiger partial charge on any atom is -0.371 e. The molecule has 1 aliphatic rings. The molecular weight excluding hydrogens is 402 g/mol. The molecule has 0 bridgehead atoms. The van der Waals surface area contributed by atoms with Gasteiger partial charge in [-0.3, -0.25) is 0 Å². The maximum atomic E-state index is 6.44. The Bertz CT molecular complexity index is 244. The van der Waals surface area contributed by atoms with Crippen LogP contribution in [0.5, 0.6) is 0 Å². The molecule has 0 aromatic carbocycles. The van der Waals surface area contributed by atoms with Crippen molar-refractivity contribution < 1.29 is 4.74 Å². The minimum atomic E-state index is -0.414. The third-order valence-corrected chi connectivity index (χ3v) is 7.63. The van der Waals surface area contributed by atoms with E-state index in [2.05, 4.69) is 31.9 Å². The van der Waals surface area contributed by atoms with Gasteiger partial charge in [-0.2, -0.15) is 0 Å². The monoisotopic (exact) mass is 414 g/mol. The Labute approximate surface area is 129 Å². The first-order valence-electron chi connectivity index (χ1n) is 5.05. The van der Waals surface area contributed by atoms with Crippen molar-refractivity contribution in [2.24, 2.45) is 0 Å². The lowest BCUT2D eigenvalue weighted by molar-refractivity contribution is 0.349. The first-order valence-corrected chi connectivity index (χ1v) is 8.11. The Morgan fingerprint density at radius 2 is 2.00 bits per heavy atom. The first-order chi connectivity index (χ1) is 7.21. The molecule has 0 radical (unpaired) electrons. The molecule has 0 aromatic heterocycles. The molecule has 1 heterocycles. The van der Waals surface area contributed by atoms with E-state index in [1.54, 1.807) is 0 Å². The van der Waals surface area contributed by atoms with Gasteiger partial charge in [0.25, 0.3) is 0 Å². The smallest absolute Gasteiger partial charge is 0.101 e. The highest BCUT2D eigenvalue weighted by Gasteiger charge is 2.48. The molecule has 0 saturated carbocycles. The van der Waals surface area contributed by atoms with E-state index in [-0.39, 0.29) is 20.6 Å². The van der Waals surface area contributed by atoms with Crippen LogP contribution in [0.15, 0.2) is 0 Å². The van der Waals surface area contributed by atoms with Crippen LogP contribution in [-0.2, 0) is 4.74 Å². The van der Waals surface area contributed by atoms with Gasteiger partial charge in [-0.25, -0.2) is 0 Å². The fourth-order valence-corrected chi connectivity index (χ4v) is 3.12. The lowest BCUT2D eigenvalue weighted by atomic mass is 9.96. The summed E-state index contributed by atoms with van der Waals surface area (Å²) in [6, 6.07) is 0. The van der Waals surface area contributed by atoms with Crippen molar-refractivity contribution in [1.82, 2.24) is 0 Å². The van der Waals surface area contributed by atoms with Crippen LogP contribution in [0.2, 0.25) is 0 Å². The Morgan fingerprint density at radius 1 is 1.50 bits per heavy atom. The van der Waals surface area contributed by atoms with E-state index < -0.39 is 4.87 Å². The van der Waals surface area contributed by atoms with E-state index in [0.717, 1.165) is 13.0 Å². The molecule has 1 rings (SSSR count). The number of rotatable bonds is 6.